The molecular formula is C12H22N2. The van der Waals surface area contributed by atoms with E-state index in [1.165, 1.54) is 52.0 Å². The number of fused-ring (bicyclic) bond motifs is 1. The van der Waals surface area contributed by atoms with Crippen LogP contribution in [0, 0.1) is 17.8 Å². The largest absolute Gasteiger partial charge is 0.316 e. The molecule has 0 aromatic rings. The molecule has 80 valence electrons. The number of rotatable bonds is 2. The molecule has 2 heteroatoms. The summed E-state index contributed by atoms with van der Waals surface area (Å²) in [6.07, 6.45) is 5.83. The van der Waals surface area contributed by atoms with Crippen molar-refractivity contribution >= 4 is 0 Å². The van der Waals surface area contributed by atoms with Gasteiger partial charge in [0.25, 0.3) is 0 Å². The fourth-order valence-corrected chi connectivity index (χ4v) is 3.26. The summed E-state index contributed by atoms with van der Waals surface area (Å²) >= 11 is 0. The van der Waals surface area contributed by atoms with E-state index < -0.39 is 0 Å². The van der Waals surface area contributed by atoms with Gasteiger partial charge in [0.2, 0.25) is 0 Å². The fraction of sp³-hybridized carbons (Fsp3) is 1.00. The van der Waals surface area contributed by atoms with Crippen molar-refractivity contribution in [3.63, 3.8) is 0 Å². The molecule has 0 aromatic carbocycles. The molecule has 1 saturated carbocycles. The molecule has 1 aliphatic carbocycles. The Bertz CT molecular complexity index is 186. The summed E-state index contributed by atoms with van der Waals surface area (Å²) in [5.41, 5.74) is 0. The number of hydrogen-bond donors (Lipinski definition) is 1. The summed E-state index contributed by atoms with van der Waals surface area (Å²) in [5.74, 6) is 3.15. The van der Waals surface area contributed by atoms with E-state index >= 15 is 0 Å². The van der Waals surface area contributed by atoms with Gasteiger partial charge in [-0.3, -0.25) is 0 Å². The lowest BCUT2D eigenvalue weighted by Crippen LogP contribution is -2.33. The number of nitrogens with one attached hydrogen (secondary N) is 1. The molecule has 0 spiro atoms. The molecule has 2 nitrogen and oxygen atoms in total. The molecule has 0 radical (unpaired) electrons. The predicted octanol–water partition coefficient (Wildman–Crippen LogP) is 1.33. The standard InChI is InChI=1S/C12H22N2/c1-2-4-13-6-10(3-1)7-14-8-11-5-12(11)9-14/h10-13H,1-9H2. The maximum Gasteiger partial charge on any atom is 0.00220 e. The van der Waals surface area contributed by atoms with Crippen LogP contribution in [0.5, 0.6) is 0 Å². The first kappa shape index (κ1) is 9.17. The lowest BCUT2D eigenvalue weighted by Gasteiger charge is -2.23. The highest BCUT2D eigenvalue weighted by Crippen LogP contribution is 2.45. The second kappa shape index (κ2) is 3.82. The van der Waals surface area contributed by atoms with Gasteiger partial charge in [-0.2, -0.15) is 0 Å². The lowest BCUT2D eigenvalue weighted by molar-refractivity contribution is 0.246. The van der Waals surface area contributed by atoms with Gasteiger partial charge in [0.15, 0.2) is 0 Å². The zero-order valence-electron chi connectivity index (χ0n) is 9.04. The minimum absolute atomic E-state index is 0.940. The van der Waals surface area contributed by atoms with Crippen LogP contribution in [-0.2, 0) is 0 Å². The maximum atomic E-state index is 3.57. The zero-order valence-corrected chi connectivity index (χ0v) is 9.04. The minimum Gasteiger partial charge on any atom is -0.316 e. The van der Waals surface area contributed by atoms with Gasteiger partial charge in [0.1, 0.15) is 0 Å². The zero-order chi connectivity index (χ0) is 9.38. The Balaban J connectivity index is 1.46. The Labute approximate surface area is 87.0 Å². The van der Waals surface area contributed by atoms with E-state index in [1.54, 1.807) is 6.42 Å². The molecule has 14 heavy (non-hydrogen) atoms. The number of piperidine rings is 1. The Morgan fingerprint density at radius 1 is 1.14 bits per heavy atom. The quantitative estimate of drug-likeness (QED) is 0.713. The molecule has 2 saturated heterocycles. The van der Waals surface area contributed by atoms with Gasteiger partial charge in [-0.25, -0.2) is 0 Å². The van der Waals surface area contributed by atoms with Crippen LogP contribution in [0.25, 0.3) is 0 Å². The Kier molecular flexibility index (Phi) is 2.50. The van der Waals surface area contributed by atoms with Crippen molar-refractivity contribution < 1.29 is 0 Å². The van der Waals surface area contributed by atoms with E-state index in [4.69, 9.17) is 0 Å². The predicted molar refractivity (Wildman–Crippen MR) is 58.2 cm³/mol. The minimum atomic E-state index is 0.940. The van der Waals surface area contributed by atoms with Crippen LogP contribution >= 0.6 is 0 Å². The van der Waals surface area contributed by atoms with E-state index in [2.05, 4.69) is 10.2 Å². The highest BCUT2D eigenvalue weighted by molar-refractivity contribution is 4.97. The van der Waals surface area contributed by atoms with Crippen molar-refractivity contribution in [2.45, 2.75) is 25.7 Å². The van der Waals surface area contributed by atoms with Crippen molar-refractivity contribution in [2.75, 3.05) is 32.7 Å². The fourth-order valence-electron chi connectivity index (χ4n) is 3.26. The SMILES string of the molecule is C1CCC(CN2CC3CC3C2)CNC1. The second-order valence-electron chi connectivity index (χ2n) is 5.54. The third-order valence-corrected chi connectivity index (χ3v) is 4.22. The topological polar surface area (TPSA) is 15.3 Å². The molecule has 3 fully saturated rings. The van der Waals surface area contributed by atoms with Gasteiger partial charge >= 0.3 is 0 Å². The van der Waals surface area contributed by atoms with Gasteiger partial charge in [0.05, 0.1) is 0 Å². The average Bonchev–Trinajstić information content (AvgIpc) is 2.87. The molecule has 0 aromatic heterocycles. The first-order valence-electron chi connectivity index (χ1n) is 6.35. The molecule has 3 rings (SSSR count). The number of likely N-dealkylation sites (tertiary alicyclic amines) is 1. The van der Waals surface area contributed by atoms with E-state index in [1.807, 2.05) is 0 Å². The first-order valence-corrected chi connectivity index (χ1v) is 6.35. The highest BCUT2D eigenvalue weighted by Gasteiger charge is 2.45. The van der Waals surface area contributed by atoms with Crippen LogP contribution in [-0.4, -0.2) is 37.6 Å². The summed E-state index contributed by atoms with van der Waals surface area (Å²) < 4.78 is 0. The smallest absolute Gasteiger partial charge is 0.00220 e. The first-order chi connectivity index (χ1) is 6.92. The molecule has 1 N–H and O–H groups in total. The second-order valence-corrected chi connectivity index (χ2v) is 5.54. The van der Waals surface area contributed by atoms with Gasteiger partial charge in [0, 0.05) is 19.6 Å². The maximum absolute atomic E-state index is 3.57. The third-order valence-electron chi connectivity index (χ3n) is 4.22. The van der Waals surface area contributed by atoms with E-state index in [0.29, 0.717) is 0 Å². The van der Waals surface area contributed by atoms with Gasteiger partial charge in [-0.15, -0.1) is 0 Å². The summed E-state index contributed by atoms with van der Waals surface area (Å²) in [7, 11) is 0. The Morgan fingerprint density at radius 3 is 2.86 bits per heavy atom. The Hall–Kier alpha value is -0.0800. The molecule has 2 heterocycles. The molecular weight excluding hydrogens is 172 g/mol. The van der Waals surface area contributed by atoms with Crippen molar-refractivity contribution in [3.8, 4) is 0 Å². The van der Waals surface area contributed by atoms with Crippen LogP contribution in [0.2, 0.25) is 0 Å². The van der Waals surface area contributed by atoms with E-state index in [0.717, 1.165) is 17.8 Å². The molecule has 0 bridgehead atoms. The van der Waals surface area contributed by atoms with Crippen LogP contribution in [0.15, 0.2) is 0 Å². The van der Waals surface area contributed by atoms with Crippen molar-refractivity contribution in [1.29, 1.82) is 0 Å². The normalized spacial score (nSPS) is 43.3. The third kappa shape index (κ3) is 1.96. The number of hydrogen-bond acceptors (Lipinski definition) is 2. The van der Waals surface area contributed by atoms with E-state index in [9.17, 15) is 0 Å². The van der Waals surface area contributed by atoms with Crippen LogP contribution in [0.3, 0.4) is 0 Å². The van der Waals surface area contributed by atoms with Crippen molar-refractivity contribution in [1.82, 2.24) is 10.2 Å². The summed E-state index contributed by atoms with van der Waals surface area (Å²) in [6, 6.07) is 0. The number of nitrogens with zero attached hydrogens (tertiary/aromatic N) is 1. The average molecular weight is 194 g/mol. The van der Waals surface area contributed by atoms with Gasteiger partial charge < -0.3 is 10.2 Å². The summed E-state index contributed by atoms with van der Waals surface area (Å²) in [6.45, 7) is 6.73. The van der Waals surface area contributed by atoms with Crippen LogP contribution < -0.4 is 5.32 Å². The molecule has 2 aliphatic heterocycles. The van der Waals surface area contributed by atoms with Crippen LogP contribution in [0.1, 0.15) is 25.7 Å². The monoisotopic (exact) mass is 194 g/mol. The summed E-state index contributed by atoms with van der Waals surface area (Å²) in [5, 5.41) is 3.57. The van der Waals surface area contributed by atoms with Gasteiger partial charge in [-0.1, -0.05) is 6.42 Å². The van der Waals surface area contributed by atoms with Crippen molar-refractivity contribution in [3.05, 3.63) is 0 Å². The van der Waals surface area contributed by atoms with E-state index in [-0.39, 0.29) is 0 Å². The molecule has 3 atom stereocenters. The lowest BCUT2D eigenvalue weighted by atomic mass is 10.0. The molecule has 3 aliphatic rings. The Morgan fingerprint density at radius 2 is 2.00 bits per heavy atom. The van der Waals surface area contributed by atoms with Crippen molar-refractivity contribution in [2.24, 2.45) is 17.8 Å². The highest BCUT2D eigenvalue weighted by atomic mass is 15.2. The van der Waals surface area contributed by atoms with Crippen LogP contribution in [0.4, 0.5) is 0 Å². The molecule has 3 unspecified atom stereocenters. The summed E-state index contributed by atoms with van der Waals surface area (Å²) in [4.78, 5) is 2.72. The van der Waals surface area contributed by atoms with Gasteiger partial charge in [-0.05, 0) is 50.1 Å². The molecule has 0 amide bonds.